The number of amides is 2. The van der Waals surface area contributed by atoms with Crippen molar-refractivity contribution >= 4 is 11.8 Å². The van der Waals surface area contributed by atoms with Crippen molar-refractivity contribution in [3.63, 3.8) is 0 Å². The second-order valence-corrected chi connectivity index (χ2v) is 7.50. The standard InChI is InChI=1S/C19H22F2N2O2/c20-15-5-1-4-13(17(15)21)14-9-16(14)22-18(24)12-3-2-8-23(10-12)19(25)11-6-7-11/h1,4-5,11-12,14,16H,2-3,6-10H2,(H,22,24)/t12-,14-,16-/m1/s1. The topological polar surface area (TPSA) is 49.4 Å². The molecule has 2 amide bonds. The van der Waals surface area contributed by atoms with Crippen LogP contribution >= 0.6 is 0 Å². The minimum absolute atomic E-state index is 0.0717. The fourth-order valence-electron chi connectivity index (χ4n) is 3.79. The summed E-state index contributed by atoms with van der Waals surface area (Å²) >= 11 is 0. The summed E-state index contributed by atoms with van der Waals surface area (Å²) in [6.45, 7) is 1.21. The first-order valence-electron chi connectivity index (χ1n) is 9.07. The van der Waals surface area contributed by atoms with Gasteiger partial charge in [0.15, 0.2) is 11.6 Å². The van der Waals surface area contributed by atoms with E-state index in [0.29, 0.717) is 18.5 Å². The van der Waals surface area contributed by atoms with Crippen LogP contribution in [0.2, 0.25) is 0 Å². The Morgan fingerprint density at radius 3 is 2.68 bits per heavy atom. The minimum atomic E-state index is -0.851. The average molecular weight is 348 g/mol. The highest BCUT2D eigenvalue weighted by molar-refractivity contribution is 5.83. The number of carbonyl (C=O) groups is 2. The molecule has 25 heavy (non-hydrogen) atoms. The van der Waals surface area contributed by atoms with Crippen molar-refractivity contribution in [1.29, 1.82) is 0 Å². The third-order valence-electron chi connectivity index (χ3n) is 5.53. The molecule has 1 heterocycles. The van der Waals surface area contributed by atoms with Crippen LogP contribution in [0.5, 0.6) is 0 Å². The Labute approximate surface area is 145 Å². The Balaban J connectivity index is 1.33. The van der Waals surface area contributed by atoms with Crippen LogP contribution in [0.15, 0.2) is 18.2 Å². The van der Waals surface area contributed by atoms with Gasteiger partial charge in [-0.1, -0.05) is 12.1 Å². The van der Waals surface area contributed by atoms with Crippen molar-refractivity contribution in [3.8, 4) is 0 Å². The number of hydrogen-bond acceptors (Lipinski definition) is 2. The van der Waals surface area contributed by atoms with Gasteiger partial charge in [-0.05, 0) is 43.7 Å². The maximum absolute atomic E-state index is 13.8. The van der Waals surface area contributed by atoms with E-state index in [0.717, 1.165) is 38.3 Å². The Morgan fingerprint density at radius 1 is 1.12 bits per heavy atom. The number of piperidine rings is 1. The van der Waals surface area contributed by atoms with E-state index in [1.54, 1.807) is 6.07 Å². The van der Waals surface area contributed by atoms with Gasteiger partial charge in [0, 0.05) is 31.0 Å². The van der Waals surface area contributed by atoms with Crippen LogP contribution in [0.3, 0.4) is 0 Å². The van der Waals surface area contributed by atoms with E-state index in [1.165, 1.54) is 6.07 Å². The first-order valence-corrected chi connectivity index (χ1v) is 9.07. The molecule has 1 saturated heterocycles. The van der Waals surface area contributed by atoms with Crippen LogP contribution in [-0.2, 0) is 9.59 Å². The second kappa shape index (κ2) is 6.39. The van der Waals surface area contributed by atoms with Crippen LogP contribution in [0.4, 0.5) is 8.78 Å². The average Bonchev–Trinajstić information content (AvgIpc) is 3.52. The number of hydrogen-bond donors (Lipinski definition) is 1. The van der Waals surface area contributed by atoms with Crippen LogP contribution in [0.25, 0.3) is 0 Å². The van der Waals surface area contributed by atoms with Crippen molar-refractivity contribution in [1.82, 2.24) is 10.2 Å². The first kappa shape index (κ1) is 16.5. The quantitative estimate of drug-likeness (QED) is 0.909. The molecule has 0 bridgehead atoms. The molecule has 4 nitrogen and oxygen atoms in total. The predicted molar refractivity (Wildman–Crippen MR) is 87.7 cm³/mol. The molecule has 0 unspecified atom stereocenters. The summed E-state index contributed by atoms with van der Waals surface area (Å²) in [6, 6.07) is 4.03. The summed E-state index contributed by atoms with van der Waals surface area (Å²) in [5.74, 6) is -1.74. The zero-order valence-electron chi connectivity index (χ0n) is 14.0. The maximum Gasteiger partial charge on any atom is 0.225 e. The van der Waals surface area contributed by atoms with E-state index in [1.807, 2.05) is 4.90 Å². The lowest BCUT2D eigenvalue weighted by molar-refractivity contribution is -0.136. The van der Waals surface area contributed by atoms with Crippen molar-refractivity contribution in [2.45, 2.75) is 44.1 Å². The number of nitrogens with one attached hydrogen (secondary N) is 1. The predicted octanol–water partition coefficient (Wildman–Crippen LogP) is 2.59. The van der Waals surface area contributed by atoms with Gasteiger partial charge in [0.2, 0.25) is 11.8 Å². The van der Waals surface area contributed by atoms with Gasteiger partial charge >= 0.3 is 0 Å². The van der Waals surface area contributed by atoms with Gasteiger partial charge in [-0.25, -0.2) is 8.78 Å². The molecule has 0 spiro atoms. The van der Waals surface area contributed by atoms with Crippen molar-refractivity contribution in [2.75, 3.05) is 13.1 Å². The largest absolute Gasteiger partial charge is 0.352 e. The highest BCUT2D eigenvalue weighted by Crippen LogP contribution is 2.42. The molecule has 1 aliphatic heterocycles. The van der Waals surface area contributed by atoms with Gasteiger partial charge in [-0.15, -0.1) is 0 Å². The van der Waals surface area contributed by atoms with E-state index in [9.17, 15) is 18.4 Å². The fourth-order valence-corrected chi connectivity index (χ4v) is 3.79. The maximum atomic E-state index is 13.8. The van der Waals surface area contributed by atoms with E-state index >= 15 is 0 Å². The molecule has 1 N–H and O–H groups in total. The lowest BCUT2D eigenvalue weighted by atomic mass is 9.96. The summed E-state index contributed by atoms with van der Waals surface area (Å²) < 4.78 is 27.2. The normalized spacial score (nSPS) is 28.6. The summed E-state index contributed by atoms with van der Waals surface area (Å²) in [5, 5.41) is 2.96. The van der Waals surface area contributed by atoms with Gasteiger partial charge in [0.1, 0.15) is 0 Å². The van der Waals surface area contributed by atoms with Gasteiger partial charge < -0.3 is 10.2 Å². The molecule has 1 aromatic carbocycles. The number of carbonyl (C=O) groups excluding carboxylic acids is 2. The van der Waals surface area contributed by atoms with Gasteiger partial charge in [-0.3, -0.25) is 9.59 Å². The van der Waals surface area contributed by atoms with E-state index in [4.69, 9.17) is 0 Å². The van der Waals surface area contributed by atoms with Crippen LogP contribution < -0.4 is 5.32 Å². The van der Waals surface area contributed by atoms with Crippen molar-refractivity contribution in [2.24, 2.45) is 11.8 Å². The number of halogens is 2. The zero-order chi connectivity index (χ0) is 17.6. The molecular formula is C19H22F2N2O2. The summed E-state index contributed by atoms with van der Waals surface area (Å²) in [6.07, 6.45) is 4.17. The third-order valence-corrected chi connectivity index (χ3v) is 5.53. The molecule has 0 aromatic heterocycles. The Hall–Kier alpha value is -1.98. The van der Waals surface area contributed by atoms with Crippen LogP contribution in [-0.4, -0.2) is 35.8 Å². The lowest BCUT2D eigenvalue weighted by Gasteiger charge is -2.32. The molecule has 134 valence electrons. The van der Waals surface area contributed by atoms with E-state index in [2.05, 4.69) is 5.32 Å². The molecule has 3 fully saturated rings. The molecule has 3 atom stereocenters. The summed E-state index contributed by atoms with van der Waals surface area (Å²) in [5.41, 5.74) is 0.333. The zero-order valence-corrected chi connectivity index (χ0v) is 14.0. The molecule has 6 heteroatoms. The van der Waals surface area contributed by atoms with Crippen molar-refractivity contribution < 1.29 is 18.4 Å². The number of rotatable bonds is 4. The third kappa shape index (κ3) is 3.39. The fraction of sp³-hybridized carbons (Fsp3) is 0.579. The van der Waals surface area contributed by atoms with Gasteiger partial charge in [0.05, 0.1) is 5.92 Å². The van der Waals surface area contributed by atoms with E-state index in [-0.39, 0.29) is 35.6 Å². The van der Waals surface area contributed by atoms with E-state index < -0.39 is 11.6 Å². The van der Waals surface area contributed by atoms with Crippen LogP contribution in [0, 0.1) is 23.5 Å². The molecule has 2 saturated carbocycles. The molecule has 3 aliphatic rings. The summed E-state index contributed by atoms with van der Waals surface area (Å²) in [7, 11) is 0. The first-order chi connectivity index (χ1) is 12.0. The Kier molecular flexibility index (Phi) is 4.21. The minimum Gasteiger partial charge on any atom is -0.352 e. The monoisotopic (exact) mass is 348 g/mol. The highest BCUT2D eigenvalue weighted by Gasteiger charge is 2.43. The Morgan fingerprint density at radius 2 is 1.92 bits per heavy atom. The Bertz CT molecular complexity index is 705. The highest BCUT2D eigenvalue weighted by atomic mass is 19.2. The smallest absolute Gasteiger partial charge is 0.225 e. The van der Waals surface area contributed by atoms with Crippen molar-refractivity contribution in [3.05, 3.63) is 35.4 Å². The molecule has 0 radical (unpaired) electrons. The van der Waals surface area contributed by atoms with Gasteiger partial charge in [0.25, 0.3) is 0 Å². The SMILES string of the molecule is O=C(N[C@@H]1C[C@@H]1c1cccc(F)c1F)[C@@H]1CCCN(C(=O)C2CC2)C1. The molecule has 4 rings (SSSR count). The second-order valence-electron chi connectivity index (χ2n) is 7.50. The molecule has 1 aromatic rings. The van der Waals surface area contributed by atoms with Crippen LogP contribution in [0.1, 0.15) is 43.6 Å². The lowest BCUT2D eigenvalue weighted by Crippen LogP contribution is -2.46. The number of benzene rings is 1. The summed E-state index contributed by atoms with van der Waals surface area (Å²) in [4.78, 5) is 26.5. The number of likely N-dealkylation sites (tertiary alicyclic amines) is 1. The number of nitrogens with zero attached hydrogens (tertiary/aromatic N) is 1. The van der Waals surface area contributed by atoms with Gasteiger partial charge in [-0.2, -0.15) is 0 Å². The molecule has 2 aliphatic carbocycles. The molecular weight excluding hydrogens is 326 g/mol.